The van der Waals surface area contributed by atoms with Gasteiger partial charge in [0, 0.05) is 26.2 Å². The molecule has 98 valence electrons. The number of hydrogen-bond donors (Lipinski definition) is 1. The average Bonchev–Trinajstić information content (AvgIpc) is 2.37. The minimum absolute atomic E-state index is 0.0116. The highest BCUT2D eigenvalue weighted by Crippen LogP contribution is 2.26. The minimum Gasteiger partial charge on any atom is -0.373 e. The number of nitrogens with one attached hydrogen (secondary N) is 1. The van der Waals surface area contributed by atoms with Crippen LogP contribution in [-0.4, -0.2) is 32.8 Å². The molecular formula is C13H17ClN2O2. The molecule has 0 bridgehead atoms. The molecule has 1 rings (SSSR count). The van der Waals surface area contributed by atoms with Crippen LogP contribution in [0.15, 0.2) is 18.2 Å². The van der Waals surface area contributed by atoms with Gasteiger partial charge in [-0.05, 0) is 18.2 Å². The van der Waals surface area contributed by atoms with Gasteiger partial charge in [0.15, 0.2) is 0 Å². The van der Waals surface area contributed by atoms with Crippen LogP contribution in [0.4, 0.5) is 5.69 Å². The molecule has 0 saturated heterocycles. The summed E-state index contributed by atoms with van der Waals surface area (Å²) in [5.74, 6) is -0.149. The van der Waals surface area contributed by atoms with Crippen LogP contribution >= 0.6 is 11.6 Å². The van der Waals surface area contributed by atoms with Crippen LogP contribution in [0.25, 0.3) is 0 Å². The lowest BCUT2D eigenvalue weighted by atomic mass is 10.1. The summed E-state index contributed by atoms with van der Waals surface area (Å²) in [6.07, 6.45) is 0.753. The van der Waals surface area contributed by atoms with Gasteiger partial charge < -0.3 is 10.2 Å². The van der Waals surface area contributed by atoms with E-state index in [1.807, 2.05) is 18.9 Å². The first-order chi connectivity index (χ1) is 8.49. The predicted molar refractivity (Wildman–Crippen MR) is 73.3 cm³/mol. The first-order valence-electron chi connectivity index (χ1n) is 5.67. The predicted octanol–water partition coefficient (Wildman–Crippen LogP) is 1.97. The van der Waals surface area contributed by atoms with E-state index in [1.54, 1.807) is 25.2 Å². The Bertz CT molecular complexity index is 449. The van der Waals surface area contributed by atoms with E-state index >= 15 is 0 Å². The first kappa shape index (κ1) is 14.5. The highest BCUT2D eigenvalue weighted by molar-refractivity contribution is 6.33. The number of amides is 1. The third kappa shape index (κ3) is 3.47. The van der Waals surface area contributed by atoms with Gasteiger partial charge in [0.1, 0.15) is 6.29 Å². The molecule has 0 aromatic heterocycles. The van der Waals surface area contributed by atoms with Crippen LogP contribution in [0.2, 0.25) is 5.02 Å². The summed E-state index contributed by atoms with van der Waals surface area (Å²) in [5, 5.41) is 3.12. The molecule has 1 aromatic rings. The first-order valence-corrected chi connectivity index (χ1v) is 6.04. The van der Waals surface area contributed by atoms with Crippen LogP contribution < -0.4 is 10.2 Å². The molecule has 18 heavy (non-hydrogen) atoms. The van der Waals surface area contributed by atoms with Gasteiger partial charge in [0.05, 0.1) is 16.6 Å². The van der Waals surface area contributed by atoms with Crippen molar-refractivity contribution in [3.8, 4) is 0 Å². The molecule has 1 amide bonds. The van der Waals surface area contributed by atoms with Gasteiger partial charge in [-0.15, -0.1) is 0 Å². The van der Waals surface area contributed by atoms with Crippen LogP contribution in [0.3, 0.4) is 0 Å². The van der Waals surface area contributed by atoms with E-state index in [2.05, 4.69) is 5.32 Å². The molecule has 0 aliphatic rings. The fourth-order valence-electron chi connectivity index (χ4n) is 1.74. The fourth-order valence-corrected chi connectivity index (χ4v) is 2.08. The van der Waals surface area contributed by atoms with Gasteiger partial charge in [0.2, 0.25) is 5.91 Å². The number of aldehydes is 1. The van der Waals surface area contributed by atoms with Crippen molar-refractivity contribution in [2.75, 3.05) is 25.5 Å². The molecule has 5 heteroatoms. The minimum atomic E-state index is -0.137. The van der Waals surface area contributed by atoms with Crippen LogP contribution in [0, 0.1) is 5.92 Å². The van der Waals surface area contributed by atoms with Crippen LogP contribution in [0.1, 0.15) is 17.3 Å². The maximum absolute atomic E-state index is 11.4. The number of carbonyl (C=O) groups is 2. The number of nitrogens with zero attached hydrogens (tertiary/aromatic N) is 1. The summed E-state index contributed by atoms with van der Waals surface area (Å²) in [6, 6.07) is 5.10. The maximum atomic E-state index is 11.4. The van der Waals surface area contributed by atoms with E-state index < -0.39 is 0 Å². The monoisotopic (exact) mass is 268 g/mol. The summed E-state index contributed by atoms with van der Waals surface area (Å²) in [7, 11) is 3.48. The molecule has 0 spiro atoms. The van der Waals surface area contributed by atoms with Crippen molar-refractivity contribution in [2.45, 2.75) is 6.92 Å². The Kier molecular flexibility index (Phi) is 5.16. The number of halogens is 1. The van der Waals surface area contributed by atoms with E-state index in [1.165, 1.54) is 0 Å². The lowest BCUT2D eigenvalue weighted by Crippen LogP contribution is -2.34. The highest BCUT2D eigenvalue weighted by atomic mass is 35.5. The number of hydrogen-bond acceptors (Lipinski definition) is 3. The van der Waals surface area contributed by atoms with E-state index in [4.69, 9.17) is 11.6 Å². The Morgan fingerprint density at radius 1 is 1.56 bits per heavy atom. The van der Waals surface area contributed by atoms with Gasteiger partial charge >= 0.3 is 0 Å². The largest absolute Gasteiger partial charge is 0.373 e. The summed E-state index contributed by atoms with van der Waals surface area (Å²) in [4.78, 5) is 24.0. The molecule has 1 aromatic carbocycles. The summed E-state index contributed by atoms with van der Waals surface area (Å²) in [6.45, 7) is 2.41. The summed E-state index contributed by atoms with van der Waals surface area (Å²) in [5.41, 5.74) is 1.34. The molecule has 0 saturated carbocycles. The van der Waals surface area contributed by atoms with Crippen LogP contribution in [-0.2, 0) is 4.79 Å². The quantitative estimate of drug-likeness (QED) is 0.831. The SMILES string of the molecule is CNC(=O)C(C)CN(C)c1ccc(C=O)cc1Cl. The van der Waals surface area contributed by atoms with Crippen molar-refractivity contribution in [3.05, 3.63) is 28.8 Å². The molecule has 0 aliphatic heterocycles. The van der Waals surface area contributed by atoms with E-state index in [0.717, 1.165) is 12.0 Å². The number of carbonyl (C=O) groups excluding carboxylic acids is 2. The molecule has 0 fully saturated rings. The smallest absolute Gasteiger partial charge is 0.224 e. The molecule has 4 nitrogen and oxygen atoms in total. The lowest BCUT2D eigenvalue weighted by molar-refractivity contribution is -0.123. The zero-order chi connectivity index (χ0) is 13.7. The zero-order valence-electron chi connectivity index (χ0n) is 10.7. The number of anilines is 1. The van der Waals surface area contributed by atoms with E-state index in [9.17, 15) is 9.59 Å². The molecule has 0 radical (unpaired) electrons. The van der Waals surface area contributed by atoms with E-state index in [0.29, 0.717) is 17.1 Å². The van der Waals surface area contributed by atoms with Gasteiger partial charge in [-0.3, -0.25) is 9.59 Å². The third-order valence-electron chi connectivity index (χ3n) is 2.76. The maximum Gasteiger partial charge on any atom is 0.224 e. The van der Waals surface area contributed by atoms with Gasteiger partial charge in [0.25, 0.3) is 0 Å². The van der Waals surface area contributed by atoms with Gasteiger partial charge in [-0.25, -0.2) is 0 Å². The molecular weight excluding hydrogens is 252 g/mol. The molecule has 1 N–H and O–H groups in total. The second-order valence-electron chi connectivity index (χ2n) is 4.22. The number of rotatable bonds is 5. The molecule has 0 heterocycles. The normalized spacial score (nSPS) is 11.8. The fraction of sp³-hybridized carbons (Fsp3) is 0.385. The number of benzene rings is 1. The molecule has 1 atom stereocenters. The van der Waals surface area contributed by atoms with Crippen molar-refractivity contribution in [1.29, 1.82) is 0 Å². The molecule has 0 aliphatic carbocycles. The third-order valence-corrected chi connectivity index (χ3v) is 3.06. The Labute approximate surface area is 112 Å². The van der Waals surface area contributed by atoms with Crippen molar-refractivity contribution in [3.63, 3.8) is 0 Å². The Morgan fingerprint density at radius 3 is 2.72 bits per heavy atom. The summed E-state index contributed by atoms with van der Waals surface area (Å²) < 4.78 is 0. The Hall–Kier alpha value is -1.55. The lowest BCUT2D eigenvalue weighted by Gasteiger charge is -2.23. The van der Waals surface area contributed by atoms with Crippen molar-refractivity contribution >= 4 is 29.5 Å². The van der Waals surface area contributed by atoms with Crippen molar-refractivity contribution in [1.82, 2.24) is 5.32 Å². The van der Waals surface area contributed by atoms with Crippen molar-refractivity contribution in [2.24, 2.45) is 5.92 Å². The Morgan fingerprint density at radius 2 is 2.22 bits per heavy atom. The zero-order valence-corrected chi connectivity index (χ0v) is 11.5. The molecule has 1 unspecified atom stereocenters. The standard InChI is InChI=1S/C13H17ClN2O2/c1-9(13(18)15-2)7-16(3)12-5-4-10(8-17)6-11(12)14/h4-6,8-9H,7H2,1-3H3,(H,15,18). The second-order valence-corrected chi connectivity index (χ2v) is 4.63. The second kappa shape index (κ2) is 6.40. The van der Waals surface area contributed by atoms with E-state index in [-0.39, 0.29) is 11.8 Å². The Balaban J connectivity index is 2.81. The topological polar surface area (TPSA) is 49.4 Å². The van der Waals surface area contributed by atoms with Gasteiger partial charge in [-0.1, -0.05) is 18.5 Å². The summed E-state index contributed by atoms with van der Waals surface area (Å²) >= 11 is 6.10. The van der Waals surface area contributed by atoms with Crippen molar-refractivity contribution < 1.29 is 9.59 Å². The van der Waals surface area contributed by atoms with Gasteiger partial charge in [-0.2, -0.15) is 0 Å². The average molecular weight is 269 g/mol. The highest BCUT2D eigenvalue weighted by Gasteiger charge is 2.15. The van der Waals surface area contributed by atoms with Crippen LogP contribution in [0.5, 0.6) is 0 Å².